The number of benzene rings is 1. The van der Waals surface area contributed by atoms with Gasteiger partial charge in [-0.2, -0.15) is 0 Å². The monoisotopic (exact) mass is 446 g/mol. The summed E-state index contributed by atoms with van der Waals surface area (Å²) in [5.74, 6) is -7.84. The Morgan fingerprint density at radius 2 is 1.75 bits per heavy atom. The van der Waals surface area contributed by atoms with Gasteiger partial charge in [-0.1, -0.05) is 12.1 Å². The molecule has 0 aliphatic heterocycles. The molecule has 0 heterocycles. The van der Waals surface area contributed by atoms with Crippen molar-refractivity contribution in [3.8, 4) is 5.75 Å². The number of amides is 1. The SMILES string of the molecule is CN(C)[C@@H]1C(=O)C(C(N)=O)=C(O)[C@@]2(O)[C@@H](O)[C@@H]3C(=O)c4c(O)cccc4[C@@](C)(O)[C@H]3C[C@@H]12. The number of Topliss-reactive ketones (excluding diaryl/α,β-unsaturated/α-hetero) is 2. The highest BCUT2D eigenvalue weighted by molar-refractivity contribution is 6.22. The lowest BCUT2D eigenvalue weighted by molar-refractivity contribution is -0.205. The first-order valence-corrected chi connectivity index (χ1v) is 10.2. The molecule has 10 nitrogen and oxygen atoms in total. The molecule has 1 amide bonds. The molecule has 0 unspecified atom stereocenters. The Kier molecular flexibility index (Phi) is 4.80. The number of nitrogens with zero attached hydrogens (tertiary/aromatic N) is 1. The molecular weight excluding hydrogens is 420 g/mol. The Bertz CT molecular complexity index is 1080. The number of aliphatic hydroxyl groups excluding tert-OH is 2. The van der Waals surface area contributed by atoms with Crippen LogP contribution >= 0.6 is 0 Å². The number of rotatable bonds is 2. The molecule has 7 atom stereocenters. The molecule has 172 valence electrons. The summed E-state index contributed by atoms with van der Waals surface area (Å²) in [4.78, 5) is 39.8. The first-order valence-electron chi connectivity index (χ1n) is 10.2. The molecule has 0 bridgehead atoms. The van der Waals surface area contributed by atoms with Crippen molar-refractivity contribution >= 4 is 17.5 Å². The fraction of sp³-hybridized carbons (Fsp3) is 0.500. The smallest absolute Gasteiger partial charge is 0.255 e. The summed E-state index contributed by atoms with van der Waals surface area (Å²) in [5, 5.41) is 55.4. The summed E-state index contributed by atoms with van der Waals surface area (Å²) in [6.07, 6.45) is -2.14. The summed E-state index contributed by atoms with van der Waals surface area (Å²) < 4.78 is 0. The maximum Gasteiger partial charge on any atom is 0.255 e. The van der Waals surface area contributed by atoms with Crippen molar-refractivity contribution in [1.29, 1.82) is 0 Å². The van der Waals surface area contributed by atoms with Gasteiger partial charge in [-0.15, -0.1) is 0 Å². The van der Waals surface area contributed by atoms with E-state index < -0.39 is 75.7 Å². The van der Waals surface area contributed by atoms with Gasteiger partial charge in [0.2, 0.25) is 0 Å². The van der Waals surface area contributed by atoms with E-state index in [1.54, 1.807) is 0 Å². The number of likely N-dealkylation sites (N-methyl/N-ethyl adjacent to an activating group) is 1. The summed E-state index contributed by atoms with van der Waals surface area (Å²) >= 11 is 0. The van der Waals surface area contributed by atoms with Gasteiger partial charge in [-0.3, -0.25) is 19.3 Å². The number of phenols is 1. The van der Waals surface area contributed by atoms with Gasteiger partial charge >= 0.3 is 0 Å². The Balaban J connectivity index is 1.98. The molecule has 0 saturated heterocycles. The highest BCUT2D eigenvalue weighted by Gasteiger charge is 2.68. The van der Waals surface area contributed by atoms with E-state index in [0.29, 0.717) is 0 Å². The van der Waals surface area contributed by atoms with Gasteiger partial charge in [0.15, 0.2) is 17.2 Å². The lowest BCUT2D eigenvalue weighted by Crippen LogP contribution is -2.71. The Labute approximate surface area is 183 Å². The van der Waals surface area contributed by atoms with Crippen LogP contribution in [0.2, 0.25) is 0 Å². The van der Waals surface area contributed by atoms with Gasteiger partial charge in [-0.25, -0.2) is 0 Å². The second-order valence-electron chi connectivity index (χ2n) is 9.32. The van der Waals surface area contributed by atoms with Gasteiger partial charge in [0.1, 0.15) is 23.2 Å². The zero-order chi connectivity index (χ0) is 23.9. The van der Waals surface area contributed by atoms with E-state index in [2.05, 4.69) is 0 Å². The molecule has 1 fully saturated rings. The molecule has 10 heteroatoms. The maximum atomic E-state index is 13.4. The summed E-state index contributed by atoms with van der Waals surface area (Å²) in [7, 11) is 3.06. The first kappa shape index (κ1) is 22.4. The van der Waals surface area contributed by atoms with Gasteiger partial charge in [0.25, 0.3) is 5.91 Å². The summed E-state index contributed by atoms with van der Waals surface area (Å²) in [5.41, 5.74) is 0.178. The number of nitrogens with two attached hydrogens (primary N) is 1. The number of hydrogen-bond acceptors (Lipinski definition) is 9. The number of aliphatic hydroxyl groups is 4. The third-order valence-electron chi connectivity index (χ3n) is 7.47. The molecule has 3 aliphatic carbocycles. The van der Waals surface area contributed by atoms with Crippen LogP contribution in [0.1, 0.15) is 29.3 Å². The number of carbonyl (C=O) groups excluding carboxylic acids is 3. The minimum absolute atomic E-state index is 0.142. The molecule has 32 heavy (non-hydrogen) atoms. The predicted molar refractivity (Wildman–Crippen MR) is 109 cm³/mol. The zero-order valence-corrected chi connectivity index (χ0v) is 17.8. The minimum Gasteiger partial charge on any atom is -0.508 e. The second-order valence-corrected chi connectivity index (χ2v) is 9.32. The van der Waals surface area contributed by atoms with Crippen molar-refractivity contribution in [2.75, 3.05) is 14.1 Å². The average Bonchev–Trinajstić information content (AvgIpc) is 2.68. The number of hydrogen-bond donors (Lipinski definition) is 6. The number of carbonyl (C=O) groups is 3. The molecule has 0 radical (unpaired) electrons. The highest BCUT2D eigenvalue weighted by Crippen LogP contribution is 2.57. The number of phenolic OH excluding ortho intramolecular Hbond substituents is 1. The van der Waals surface area contributed by atoms with Gasteiger partial charge in [0, 0.05) is 11.8 Å². The predicted octanol–water partition coefficient (Wildman–Crippen LogP) is -1.05. The first-order chi connectivity index (χ1) is 14.8. The normalized spacial score (nSPS) is 38.9. The molecule has 1 aromatic rings. The second kappa shape index (κ2) is 6.85. The summed E-state index contributed by atoms with van der Waals surface area (Å²) in [6.45, 7) is 1.44. The van der Waals surface area contributed by atoms with E-state index in [1.165, 1.54) is 44.1 Å². The zero-order valence-electron chi connectivity index (χ0n) is 17.8. The van der Waals surface area contributed by atoms with Crippen molar-refractivity contribution in [3.63, 3.8) is 0 Å². The summed E-state index contributed by atoms with van der Waals surface area (Å²) in [6, 6.07) is 3.08. The van der Waals surface area contributed by atoms with Crippen LogP contribution in [0.25, 0.3) is 0 Å². The van der Waals surface area contributed by atoms with E-state index >= 15 is 0 Å². The Morgan fingerprint density at radius 1 is 1.12 bits per heavy atom. The van der Waals surface area contributed by atoms with Crippen LogP contribution < -0.4 is 5.73 Å². The molecule has 4 rings (SSSR count). The van der Waals surface area contributed by atoms with E-state index in [0.717, 1.165) is 0 Å². The molecule has 1 aromatic carbocycles. The van der Waals surface area contributed by atoms with Crippen molar-refractivity contribution in [3.05, 3.63) is 40.7 Å². The van der Waals surface area contributed by atoms with E-state index in [-0.39, 0.29) is 17.5 Å². The molecule has 7 N–H and O–H groups in total. The molecule has 0 aromatic heterocycles. The fourth-order valence-electron chi connectivity index (χ4n) is 5.97. The largest absolute Gasteiger partial charge is 0.508 e. The van der Waals surface area contributed by atoms with Crippen molar-refractivity contribution in [2.24, 2.45) is 23.5 Å². The Morgan fingerprint density at radius 3 is 2.31 bits per heavy atom. The molecular formula is C22H26N2O8. The molecule has 1 saturated carbocycles. The number of ketones is 2. The fourth-order valence-corrected chi connectivity index (χ4v) is 5.97. The van der Waals surface area contributed by atoms with Crippen LogP contribution in [-0.4, -0.2) is 79.7 Å². The van der Waals surface area contributed by atoms with Crippen LogP contribution in [-0.2, 0) is 15.2 Å². The molecule has 0 spiro atoms. The third-order valence-corrected chi connectivity index (χ3v) is 7.47. The highest BCUT2D eigenvalue weighted by atomic mass is 16.4. The maximum absolute atomic E-state index is 13.4. The van der Waals surface area contributed by atoms with Crippen LogP contribution in [0.5, 0.6) is 5.75 Å². The van der Waals surface area contributed by atoms with Gasteiger partial charge in [-0.05, 0) is 39.1 Å². The standard InChI is InChI=1S/C22H26N2O8/c1-21(31)8-5-4-6-11(25)12(8)16(26)13-9(21)7-10-15(24(2)3)17(27)14(20(23)30)19(29)22(10,32)18(13)28/h4-6,9-10,13,15,18,25,28-29,31-32H,7H2,1-3H3,(H2,23,30)/t9-,10-,13-,15-,18-,21+,22-/m0/s1. The topological polar surface area (TPSA) is 182 Å². The van der Waals surface area contributed by atoms with Crippen molar-refractivity contribution in [2.45, 2.75) is 36.7 Å². The van der Waals surface area contributed by atoms with Crippen LogP contribution in [0.4, 0.5) is 0 Å². The van der Waals surface area contributed by atoms with Crippen LogP contribution in [0.15, 0.2) is 29.5 Å². The van der Waals surface area contributed by atoms with Crippen molar-refractivity contribution < 1.29 is 39.9 Å². The van der Waals surface area contributed by atoms with Crippen molar-refractivity contribution in [1.82, 2.24) is 4.90 Å². The van der Waals surface area contributed by atoms with Crippen LogP contribution in [0.3, 0.4) is 0 Å². The number of aromatic hydroxyl groups is 1. The van der Waals surface area contributed by atoms with E-state index in [1.807, 2.05) is 0 Å². The average molecular weight is 446 g/mol. The van der Waals surface area contributed by atoms with Gasteiger partial charge in [0.05, 0.1) is 23.1 Å². The lowest BCUT2D eigenvalue weighted by Gasteiger charge is -2.58. The number of primary amides is 1. The molecule has 3 aliphatic rings. The van der Waals surface area contributed by atoms with E-state index in [4.69, 9.17) is 5.73 Å². The van der Waals surface area contributed by atoms with Crippen LogP contribution in [0, 0.1) is 17.8 Å². The number of fused-ring (bicyclic) bond motifs is 3. The quantitative estimate of drug-likeness (QED) is 0.309. The van der Waals surface area contributed by atoms with E-state index in [9.17, 15) is 39.9 Å². The Hall–Kier alpha value is -2.79. The minimum atomic E-state index is -2.55. The third kappa shape index (κ3) is 2.57. The lowest BCUT2D eigenvalue weighted by atomic mass is 9.50. The van der Waals surface area contributed by atoms with Gasteiger partial charge < -0.3 is 31.3 Å².